The summed E-state index contributed by atoms with van der Waals surface area (Å²) in [6.07, 6.45) is -1.41. The largest absolute Gasteiger partial charge is 0.462 e. The average molecular weight is 1540 g/mol. The Morgan fingerprint density at radius 3 is 1.79 bits per heavy atom. The summed E-state index contributed by atoms with van der Waals surface area (Å²) in [6, 6.07) is 0. The molecule has 30 heteroatoms. The van der Waals surface area contributed by atoms with Crippen LogP contribution in [0.2, 0.25) is 0 Å². The van der Waals surface area contributed by atoms with E-state index in [0.717, 1.165) is 5.57 Å². The average Bonchev–Trinajstić information content (AvgIpc) is 2.97. The van der Waals surface area contributed by atoms with Crippen LogP contribution in [0.25, 0.3) is 0 Å². The van der Waals surface area contributed by atoms with E-state index in [2.05, 4.69) is 125 Å². The van der Waals surface area contributed by atoms with Crippen LogP contribution in [0.5, 0.6) is 0 Å². The molecule has 304 valence electrons. The van der Waals surface area contributed by atoms with Gasteiger partial charge >= 0.3 is 5.97 Å². The first-order valence-corrected chi connectivity index (χ1v) is 50.3. The maximum Gasteiger partial charge on any atom is 0.302 e. The van der Waals surface area contributed by atoms with Gasteiger partial charge in [0.25, 0.3) is 0 Å². The quantitative estimate of drug-likeness (QED) is 0.0795. The van der Waals surface area contributed by atoms with E-state index in [4.69, 9.17) is 18.5 Å². The number of hydrogen-bond acceptors (Lipinski definition) is 8. The summed E-state index contributed by atoms with van der Waals surface area (Å²) in [4.78, 5) is 13.2. The van der Waals surface area contributed by atoms with Gasteiger partial charge in [-0.3, -0.25) is 4.79 Å². The van der Waals surface area contributed by atoms with Crippen LogP contribution in [0.15, 0.2) is 11.6 Å². The third-order valence-electron chi connectivity index (χ3n) is 9.87. The summed E-state index contributed by atoms with van der Waals surface area (Å²) in [6.45, 7) is 8.07. The SMILES string of the molecule is CC(=O)O[C@H](C1C[C@H](OP(P(P)P(P)P)P(P(P)P)P(P)P)C(C)=CC1(C)C)C1[C@](C)([C@H](O)[C@@H](C)O)[C@@H](OP(P(P)P)P(P)P)C[C@H]2OC[C@@]12O.[Ac].[Ac]. The third-order valence-corrected chi connectivity index (χ3v) is 103. The molecule has 3 N–H and O–H groups in total. The normalized spacial score (nSPS) is 32.8. The number of aliphatic hydroxyl groups is 3. The predicted molar refractivity (Wildman–Crippen MR) is 279 cm³/mol. The van der Waals surface area contributed by atoms with E-state index < -0.39 is 102 Å². The number of carbonyl (C=O) groups is 1. The van der Waals surface area contributed by atoms with Gasteiger partial charge in [0.2, 0.25) is 0 Å². The van der Waals surface area contributed by atoms with Gasteiger partial charge in [0, 0.05) is 133 Å². The molecule has 1 saturated heterocycles. The van der Waals surface area contributed by atoms with Crippen molar-refractivity contribution in [2.24, 2.45) is 22.7 Å². The molecule has 0 bridgehead atoms. The molecule has 2 fully saturated rings. The Morgan fingerprint density at radius 2 is 1.40 bits per heavy atom. The number of rotatable bonds is 16. The van der Waals surface area contributed by atoms with Gasteiger partial charge in [-0.15, -0.1) is 89.3 Å². The zero-order valence-electron chi connectivity index (χ0n) is 30.7. The molecule has 1 aliphatic heterocycles. The second-order valence-corrected chi connectivity index (χ2v) is 86.3. The summed E-state index contributed by atoms with van der Waals surface area (Å²) in [5.74, 6) is -1.56. The van der Waals surface area contributed by atoms with Crippen LogP contribution < -0.4 is 0 Å². The molecule has 53 heavy (non-hydrogen) atoms. The van der Waals surface area contributed by atoms with Gasteiger partial charge in [0.15, 0.2) is 0 Å². The van der Waals surface area contributed by atoms with E-state index in [1.54, 1.807) is 6.92 Å². The summed E-state index contributed by atoms with van der Waals surface area (Å²) in [5.41, 5.74) is -1.92. The van der Waals surface area contributed by atoms with E-state index >= 15 is 0 Å². The van der Waals surface area contributed by atoms with Crippen molar-refractivity contribution in [1.82, 2.24) is 0 Å². The topological polar surface area (TPSA) is 115 Å². The molecule has 0 aromatic rings. The van der Waals surface area contributed by atoms with Crippen LogP contribution in [-0.4, -0.2) is 70.1 Å². The molecule has 1 heterocycles. The fourth-order valence-electron chi connectivity index (χ4n) is 7.59. The molecule has 2 aliphatic carbocycles. The van der Waals surface area contributed by atoms with Crippen molar-refractivity contribution < 1.29 is 127 Å². The minimum atomic E-state index is -1.41. The Bertz CT molecular complexity index is 1210. The second kappa shape index (κ2) is 27.0. The smallest absolute Gasteiger partial charge is 0.302 e. The predicted octanol–water partition coefficient (Wildman–Crippen LogP) is 12.8. The molecular weight excluding hydrogens is 1480 g/mol. The molecule has 1 saturated carbocycles. The third kappa shape index (κ3) is 15.5. The molecule has 15 unspecified atom stereocenters. The first-order chi connectivity index (χ1) is 23.3. The van der Waals surface area contributed by atoms with Gasteiger partial charge in [0.05, 0.1) is 52.2 Å². The Labute approximate surface area is 426 Å². The van der Waals surface area contributed by atoms with Gasteiger partial charge < -0.3 is 33.8 Å². The monoisotopic (exact) mass is 1540 g/mol. The first-order valence-electron chi connectivity index (χ1n) is 15.6. The summed E-state index contributed by atoms with van der Waals surface area (Å²) in [5, 5.41) is 35.9. The van der Waals surface area contributed by atoms with Crippen LogP contribution in [0.1, 0.15) is 54.4 Å². The summed E-state index contributed by atoms with van der Waals surface area (Å²) in [7, 11) is 31.3. The molecular formula is C23H58Ac2O8P20. The first kappa shape index (κ1) is 61.5. The second-order valence-electron chi connectivity index (χ2n) is 13.9. The Morgan fingerprint density at radius 1 is 0.868 bits per heavy atom. The molecule has 23 atom stereocenters. The molecule has 0 aromatic heterocycles. The molecule has 8 nitrogen and oxygen atoms in total. The number of hydrogen-bond donors (Lipinski definition) is 3. The van der Waals surface area contributed by atoms with Crippen molar-refractivity contribution in [2.75, 3.05) is 6.61 Å². The zero-order valence-corrected chi connectivity index (χ0v) is 61.0. The Balaban J connectivity index is 0.00000702. The fourth-order valence-corrected chi connectivity index (χ4v) is 136. The molecule has 2 radical (unpaired) electrons. The maximum atomic E-state index is 13.2. The Kier molecular flexibility index (Phi) is 31.3. The van der Waals surface area contributed by atoms with Crippen molar-refractivity contribution in [2.45, 2.75) is 96.6 Å². The van der Waals surface area contributed by atoms with Gasteiger partial charge in [-0.25, -0.2) is 0 Å². The van der Waals surface area contributed by atoms with Crippen molar-refractivity contribution in [3.8, 4) is 0 Å². The minimum Gasteiger partial charge on any atom is -0.462 e. The summed E-state index contributed by atoms with van der Waals surface area (Å²) < 4.78 is 27.0. The number of fused-ring (bicyclic) bond motifs is 1. The van der Waals surface area contributed by atoms with Gasteiger partial charge in [-0.2, -0.15) is 0 Å². The van der Waals surface area contributed by atoms with Crippen molar-refractivity contribution in [3.05, 3.63) is 11.6 Å². The van der Waals surface area contributed by atoms with Crippen molar-refractivity contribution >= 4 is 168 Å². The maximum absolute atomic E-state index is 13.2. The van der Waals surface area contributed by atoms with E-state index in [0.29, 0.717) is 12.8 Å². The standard InChI is InChI=1S/C23H58O8P20.2Ac/c1-11-9-21(4,5)14(7-15(11)30-44(50(42)47(36)37)51(48(38)39)49(40)41)18(29-13(3)25)19-22(6,20(26)12(2)24)16(8-17-23(19,27)10-28-17)31-43(45(32)33)46(34)35;;/h9,12,14-20,24,26-27H,7-8,10,32-42H2,1-6H3;;/t12-,14?,15+,16+,17-,18-,19?,20-,22-,23+,44?,50?;;/m1../s1. The van der Waals surface area contributed by atoms with Crippen LogP contribution in [-0.2, 0) is 23.3 Å². The van der Waals surface area contributed by atoms with E-state index in [9.17, 15) is 20.1 Å². The van der Waals surface area contributed by atoms with E-state index in [1.165, 1.54) is 6.92 Å². The number of esters is 1. The summed E-state index contributed by atoms with van der Waals surface area (Å²) >= 11 is 0. The van der Waals surface area contributed by atoms with Crippen LogP contribution in [0, 0.1) is 111 Å². The zero-order chi connectivity index (χ0) is 39.1. The van der Waals surface area contributed by atoms with Crippen LogP contribution >= 0.6 is 162 Å². The number of carbonyl (C=O) groups excluding carboxylic acids is 1. The molecule has 0 amide bonds. The minimum absolute atomic E-state index is 0. The van der Waals surface area contributed by atoms with E-state index in [-0.39, 0.29) is 128 Å². The van der Waals surface area contributed by atoms with Crippen molar-refractivity contribution in [3.63, 3.8) is 0 Å². The van der Waals surface area contributed by atoms with Gasteiger partial charge in [0.1, 0.15) is 11.7 Å². The number of allylic oxidation sites excluding steroid dienone is 1. The molecule has 3 rings (SSSR count). The number of aliphatic hydroxyl groups excluding tert-OH is 2. The molecule has 3 aliphatic rings. The molecule has 0 aromatic carbocycles. The van der Waals surface area contributed by atoms with E-state index in [1.807, 2.05) is 6.92 Å². The fraction of sp³-hybridized carbons (Fsp3) is 0.870. The Hall–Kier alpha value is 10.5. The van der Waals surface area contributed by atoms with Crippen LogP contribution in [0.3, 0.4) is 0 Å². The van der Waals surface area contributed by atoms with Crippen LogP contribution in [0.4, 0.5) is 0 Å². The van der Waals surface area contributed by atoms with Gasteiger partial charge in [-0.05, 0) is 66.2 Å². The van der Waals surface area contributed by atoms with Gasteiger partial charge in [-0.1, -0.05) is 35.8 Å². The van der Waals surface area contributed by atoms with Crippen molar-refractivity contribution in [1.29, 1.82) is 0 Å². The number of ether oxygens (including phenoxy) is 2. The molecule has 0 spiro atoms.